The van der Waals surface area contributed by atoms with Gasteiger partial charge in [0.15, 0.2) is 0 Å². The van der Waals surface area contributed by atoms with Gasteiger partial charge in [0, 0.05) is 36.6 Å². The number of carbonyl (C=O) groups excluding carboxylic acids is 1. The van der Waals surface area contributed by atoms with Crippen molar-refractivity contribution in [3.8, 4) is 0 Å². The molecule has 2 N–H and O–H groups in total. The molecule has 1 aliphatic rings. The smallest absolute Gasteiger partial charge is 0.220 e. The molecule has 0 bridgehead atoms. The zero-order valence-corrected chi connectivity index (χ0v) is 12.4. The van der Waals surface area contributed by atoms with Gasteiger partial charge in [0.25, 0.3) is 0 Å². The second-order valence-corrected chi connectivity index (χ2v) is 6.29. The molecule has 0 aliphatic heterocycles. The van der Waals surface area contributed by atoms with E-state index in [0.29, 0.717) is 13.0 Å². The molecule has 110 valence electrons. The van der Waals surface area contributed by atoms with Crippen LogP contribution >= 0.6 is 11.8 Å². The summed E-state index contributed by atoms with van der Waals surface area (Å²) in [4.78, 5) is 15.9. The lowest BCUT2D eigenvalue weighted by molar-refractivity contribution is -0.120. The molecular weight excluding hydrogens is 272 g/mol. The number of hydrogen-bond acceptors (Lipinski definition) is 4. The fraction of sp³-hybridized carbons (Fsp3) is 0.600. The highest BCUT2D eigenvalue weighted by Gasteiger charge is 2.25. The Hall–Kier alpha value is -1.07. The standard InChI is InChI=1S/C15H22N2O2S/c18-14-6-3-4-12(14)10-17-15(19)7-9-20-11-13-5-1-2-8-16-13/h1-2,5,8,12,14,18H,3-4,6-7,9-11H2,(H,17,19). The van der Waals surface area contributed by atoms with Gasteiger partial charge in [0.2, 0.25) is 5.91 Å². The molecule has 1 saturated carbocycles. The molecule has 1 amide bonds. The number of aliphatic hydroxyl groups excluding tert-OH is 1. The zero-order valence-electron chi connectivity index (χ0n) is 11.6. The molecule has 2 unspecified atom stereocenters. The highest BCUT2D eigenvalue weighted by molar-refractivity contribution is 7.98. The molecule has 5 heteroatoms. The monoisotopic (exact) mass is 294 g/mol. The summed E-state index contributed by atoms with van der Waals surface area (Å²) in [7, 11) is 0. The Morgan fingerprint density at radius 1 is 1.45 bits per heavy atom. The molecule has 1 aliphatic carbocycles. The molecule has 20 heavy (non-hydrogen) atoms. The van der Waals surface area contributed by atoms with Gasteiger partial charge in [-0.3, -0.25) is 9.78 Å². The number of pyridine rings is 1. The molecule has 0 aromatic carbocycles. The number of nitrogens with one attached hydrogen (secondary N) is 1. The first-order chi connectivity index (χ1) is 9.75. The number of aromatic nitrogens is 1. The summed E-state index contributed by atoms with van der Waals surface area (Å²) in [6, 6.07) is 5.87. The van der Waals surface area contributed by atoms with Crippen molar-refractivity contribution in [3.05, 3.63) is 30.1 Å². The van der Waals surface area contributed by atoms with E-state index in [9.17, 15) is 9.90 Å². The van der Waals surface area contributed by atoms with Crippen molar-refractivity contribution in [1.82, 2.24) is 10.3 Å². The maximum absolute atomic E-state index is 11.7. The zero-order chi connectivity index (χ0) is 14.2. The summed E-state index contributed by atoms with van der Waals surface area (Å²) in [5.41, 5.74) is 1.05. The Balaban J connectivity index is 1.54. The molecule has 4 nitrogen and oxygen atoms in total. The largest absolute Gasteiger partial charge is 0.393 e. The molecule has 0 radical (unpaired) electrons. The third kappa shape index (κ3) is 5.13. The molecule has 2 atom stereocenters. The van der Waals surface area contributed by atoms with Crippen LogP contribution in [0.15, 0.2) is 24.4 Å². The van der Waals surface area contributed by atoms with E-state index < -0.39 is 0 Å². The number of thioether (sulfide) groups is 1. The van der Waals surface area contributed by atoms with E-state index in [1.54, 1.807) is 18.0 Å². The molecule has 1 aromatic rings. The van der Waals surface area contributed by atoms with Crippen LogP contribution in [0, 0.1) is 5.92 Å². The Labute approximate surface area is 124 Å². The summed E-state index contributed by atoms with van der Waals surface area (Å²) in [6.07, 6.45) is 5.06. The van der Waals surface area contributed by atoms with E-state index in [1.807, 2.05) is 18.2 Å². The van der Waals surface area contributed by atoms with Gasteiger partial charge in [-0.25, -0.2) is 0 Å². The van der Waals surface area contributed by atoms with Crippen LogP contribution in [0.1, 0.15) is 31.4 Å². The van der Waals surface area contributed by atoms with Crippen LogP contribution < -0.4 is 5.32 Å². The topological polar surface area (TPSA) is 62.2 Å². The average molecular weight is 294 g/mol. The minimum atomic E-state index is -0.228. The molecule has 1 fully saturated rings. The first-order valence-electron chi connectivity index (χ1n) is 7.18. The van der Waals surface area contributed by atoms with E-state index in [0.717, 1.165) is 36.5 Å². The minimum absolute atomic E-state index is 0.0811. The molecule has 1 heterocycles. The Morgan fingerprint density at radius 2 is 2.35 bits per heavy atom. The third-order valence-electron chi connectivity index (χ3n) is 3.63. The van der Waals surface area contributed by atoms with Gasteiger partial charge in [-0.05, 0) is 25.0 Å². The number of hydrogen-bond donors (Lipinski definition) is 2. The van der Waals surface area contributed by atoms with E-state index in [4.69, 9.17) is 0 Å². The van der Waals surface area contributed by atoms with Crippen molar-refractivity contribution in [2.75, 3.05) is 12.3 Å². The molecule has 0 saturated heterocycles. The van der Waals surface area contributed by atoms with Crippen LogP contribution in [0.5, 0.6) is 0 Å². The Kier molecular flexibility index (Phi) is 6.33. The molecular formula is C15H22N2O2S. The second kappa shape index (κ2) is 8.27. The van der Waals surface area contributed by atoms with Gasteiger partial charge in [-0.1, -0.05) is 12.5 Å². The van der Waals surface area contributed by atoms with Gasteiger partial charge in [-0.2, -0.15) is 11.8 Å². The van der Waals surface area contributed by atoms with E-state index in [-0.39, 0.29) is 17.9 Å². The van der Waals surface area contributed by atoms with E-state index in [1.165, 1.54) is 0 Å². The van der Waals surface area contributed by atoms with Crippen molar-refractivity contribution in [1.29, 1.82) is 0 Å². The van der Waals surface area contributed by atoms with Crippen LogP contribution in [0.4, 0.5) is 0 Å². The molecule has 2 rings (SSSR count). The van der Waals surface area contributed by atoms with Crippen molar-refractivity contribution in [3.63, 3.8) is 0 Å². The SMILES string of the molecule is O=C(CCSCc1ccccn1)NCC1CCCC1O. The molecule has 1 aromatic heterocycles. The lowest BCUT2D eigenvalue weighted by Gasteiger charge is -2.14. The quantitative estimate of drug-likeness (QED) is 0.755. The average Bonchev–Trinajstić information content (AvgIpc) is 2.88. The highest BCUT2D eigenvalue weighted by Crippen LogP contribution is 2.24. The van der Waals surface area contributed by atoms with Gasteiger partial charge in [0.1, 0.15) is 0 Å². The summed E-state index contributed by atoms with van der Waals surface area (Å²) in [5, 5.41) is 12.6. The predicted molar refractivity (Wildman–Crippen MR) is 81.4 cm³/mol. The van der Waals surface area contributed by atoms with Crippen molar-refractivity contribution in [2.45, 2.75) is 37.5 Å². The number of rotatable bonds is 7. The summed E-state index contributed by atoms with van der Waals surface area (Å²) in [5.74, 6) is 1.98. The second-order valence-electron chi connectivity index (χ2n) is 5.19. The van der Waals surface area contributed by atoms with Gasteiger partial charge in [-0.15, -0.1) is 0 Å². The van der Waals surface area contributed by atoms with Crippen LogP contribution in [0.3, 0.4) is 0 Å². The van der Waals surface area contributed by atoms with Gasteiger partial charge >= 0.3 is 0 Å². The van der Waals surface area contributed by atoms with Crippen molar-refractivity contribution in [2.24, 2.45) is 5.92 Å². The maximum atomic E-state index is 11.7. The normalized spacial score (nSPS) is 21.9. The Bertz CT molecular complexity index is 414. The lowest BCUT2D eigenvalue weighted by atomic mass is 10.1. The number of amides is 1. The fourth-order valence-electron chi connectivity index (χ4n) is 2.41. The van der Waals surface area contributed by atoms with Crippen LogP contribution in [0.25, 0.3) is 0 Å². The third-order valence-corrected chi connectivity index (χ3v) is 4.62. The lowest BCUT2D eigenvalue weighted by Crippen LogP contribution is -2.32. The van der Waals surface area contributed by atoms with Crippen molar-refractivity contribution < 1.29 is 9.90 Å². The maximum Gasteiger partial charge on any atom is 0.220 e. The summed E-state index contributed by atoms with van der Waals surface area (Å²) in [6.45, 7) is 0.616. The summed E-state index contributed by atoms with van der Waals surface area (Å²) < 4.78 is 0. The van der Waals surface area contributed by atoms with Crippen LogP contribution in [-0.4, -0.2) is 34.4 Å². The first-order valence-corrected chi connectivity index (χ1v) is 8.33. The van der Waals surface area contributed by atoms with E-state index >= 15 is 0 Å². The van der Waals surface area contributed by atoms with Gasteiger partial charge < -0.3 is 10.4 Å². The highest BCUT2D eigenvalue weighted by atomic mass is 32.2. The first kappa shape index (κ1) is 15.3. The van der Waals surface area contributed by atoms with Crippen molar-refractivity contribution >= 4 is 17.7 Å². The van der Waals surface area contributed by atoms with Gasteiger partial charge in [0.05, 0.1) is 11.8 Å². The number of nitrogens with zero attached hydrogens (tertiary/aromatic N) is 1. The Morgan fingerprint density at radius 3 is 3.05 bits per heavy atom. The minimum Gasteiger partial charge on any atom is -0.393 e. The summed E-state index contributed by atoms with van der Waals surface area (Å²) >= 11 is 1.72. The predicted octanol–water partition coefficient (Wildman–Crippen LogP) is 1.98. The number of aliphatic hydroxyl groups is 1. The van der Waals surface area contributed by atoms with Crippen LogP contribution in [-0.2, 0) is 10.5 Å². The van der Waals surface area contributed by atoms with E-state index in [2.05, 4.69) is 10.3 Å². The number of carbonyl (C=O) groups is 1. The van der Waals surface area contributed by atoms with Crippen LogP contribution in [0.2, 0.25) is 0 Å². The molecule has 0 spiro atoms. The fourth-order valence-corrected chi connectivity index (χ4v) is 3.27.